The van der Waals surface area contributed by atoms with Gasteiger partial charge in [-0.25, -0.2) is 0 Å². The zero-order chi connectivity index (χ0) is 15.4. The molecule has 0 spiro atoms. The molecule has 1 aromatic rings. The normalized spacial score (nSPS) is 21.1. The van der Waals surface area contributed by atoms with Crippen molar-refractivity contribution in [2.24, 2.45) is 5.73 Å². The maximum atomic E-state index is 12.0. The Morgan fingerprint density at radius 3 is 2.27 bits per heavy atom. The molecule has 0 atom stereocenters. The Morgan fingerprint density at radius 1 is 1.05 bits per heavy atom. The van der Waals surface area contributed by atoms with E-state index in [-0.39, 0.29) is 5.91 Å². The maximum Gasteiger partial charge on any atom is 0.240 e. The van der Waals surface area contributed by atoms with Gasteiger partial charge in [-0.2, -0.15) is 0 Å². The number of benzene rings is 1. The standard InChI is InChI=1S/C18H27N3O/c19-18(9-4-10-18)17(22)20-13-15-5-7-16(8-6-15)14-21-11-2-1-3-12-21/h5-8H,1-4,9-14,19H2,(H,20,22). The molecule has 0 aromatic heterocycles. The lowest BCUT2D eigenvalue weighted by atomic mass is 9.77. The molecule has 1 saturated heterocycles. The van der Waals surface area contributed by atoms with Crippen molar-refractivity contribution in [3.63, 3.8) is 0 Å². The molecule has 22 heavy (non-hydrogen) atoms. The number of nitrogens with one attached hydrogen (secondary N) is 1. The number of rotatable bonds is 5. The summed E-state index contributed by atoms with van der Waals surface area (Å²) in [6, 6.07) is 8.59. The Bertz CT molecular complexity index is 502. The third kappa shape index (κ3) is 3.68. The first-order chi connectivity index (χ1) is 10.7. The summed E-state index contributed by atoms with van der Waals surface area (Å²) in [6.07, 6.45) is 6.71. The molecule has 1 aromatic carbocycles. The van der Waals surface area contributed by atoms with Crippen LogP contribution in [0.5, 0.6) is 0 Å². The van der Waals surface area contributed by atoms with Crippen molar-refractivity contribution in [1.29, 1.82) is 0 Å². The molecule has 0 radical (unpaired) electrons. The van der Waals surface area contributed by atoms with Crippen molar-refractivity contribution >= 4 is 5.91 Å². The number of carbonyl (C=O) groups is 1. The summed E-state index contributed by atoms with van der Waals surface area (Å²) in [6.45, 7) is 4.05. The molecular weight excluding hydrogens is 274 g/mol. The van der Waals surface area contributed by atoms with Crippen molar-refractivity contribution in [3.05, 3.63) is 35.4 Å². The minimum Gasteiger partial charge on any atom is -0.350 e. The molecule has 2 fully saturated rings. The van der Waals surface area contributed by atoms with E-state index in [0.29, 0.717) is 6.54 Å². The number of hydrogen-bond donors (Lipinski definition) is 2. The number of hydrogen-bond acceptors (Lipinski definition) is 3. The molecule has 1 amide bonds. The van der Waals surface area contributed by atoms with Crippen LogP contribution in [0.3, 0.4) is 0 Å². The summed E-state index contributed by atoms with van der Waals surface area (Å²) in [7, 11) is 0. The molecule has 1 saturated carbocycles. The Kier molecular flexibility index (Phi) is 4.79. The monoisotopic (exact) mass is 301 g/mol. The number of nitrogens with two attached hydrogens (primary N) is 1. The first-order valence-corrected chi connectivity index (χ1v) is 8.53. The largest absolute Gasteiger partial charge is 0.350 e. The predicted octanol–water partition coefficient (Wildman–Crippen LogP) is 2.17. The number of piperidine rings is 1. The number of amides is 1. The van der Waals surface area contributed by atoms with Crippen LogP contribution in [0.4, 0.5) is 0 Å². The van der Waals surface area contributed by atoms with E-state index in [1.807, 2.05) is 0 Å². The van der Waals surface area contributed by atoms with E-state index in [4.69, 9.17) is 5.73 Å². The fraction of sp³-hybridized carbons (Fsp3) is 0.611. The van der Waals surface area contributed by atoms with Crippen LogP contribution in [0.15, 0.2) is 24.3 Å². The molecular formula is C18H27N3O. The average Bonchev–Trinajstić information content (AvgIpc) is 2.52. The van der Waals surface area contributed by atoms with Gasteiger partial charge < -0.3 is 11.1 Å². The van der Waals surface area contributed by atoms with Gasteiger partial charge in [0, 0.05) is 13.1 Å². The molecule has 3 rings (SSSR count). The summed E-state index contributed by atoms with van der Waals surface area (Å²) in [5.41, 5.74) is 7.91. The van der Waals surface area contributed by atoms with Gasteiger partial charge in [0.25, 0.3) is 0 Å². The lowest BCUT2D eigenvalue weighted by molar-refractivity contribution is -0.129. The highest BCUT2D eigenvalue weighted by Gasteiger charge is 2.39. The molecule has 1 heterocycles. The van der Waals surface area contributed by atoms with Crippen LogP contribution in [0.1, 0.15) is 49.7 Å². The minimum absolute atomic E-state index is 0.00357. The molecule has 1 aliphatic heterocycles. The van der Waals surface area contributed by atoms with Gasteiger partial charge in [-0.1, -0.05) is 30.7 Å². The van der Waals surface area contributed by atoms with Crippen molar-refractivity contribution in [3.8, 4) is 0 Å². The first kappa shape index (κ1) is 15.5. The van der Waals surface area contributed by atoms with Crippen LogP contribution in [-0.2, 0) is 17.9 Å². The van der Waals surface area contributed by atoms with Crippen LogP contribution in [0.25, 0.3) is 0 Å². The van der Waals surface area contributed by atoms with Crippen LogP contribution < -0.4 is 11.1 Å². The highest BCUT2D eigenvalue weighted by Crippen LogP contribution is 2.29. The van der Waals surface area contributed by atoms with Gasteiger partial charge in [0.05, 0.1) is 5.54 Å². The lowest BCUT2D eigenvalue weighted by Crippen LogP contribution is -2.58. The number of carbonyl (C=O) groups excluding carboxylic acids is 1. The van der Waals surface area contributed by atoms with Gasteiger partial charge in [-0.05, 0) is 56.3 Å². The van der Waals surface area contributed by atoms with Crippen molar-refractivity contribution < 1.29 is 4.79 Å². The zero-order valence-corrected chi connectivity index (χ0v) is 13.3. The third-order valence-corrected chi connectivity index (χ3v) is 5.03. The van der Waals surface area contributed by atoms with Crippen molar-refractivity contribution in [1.82, 2.24) is 10.2 Å². The first-order valence-electron chi connectivity index (χ1n) is 8.53. The fourth-order valence-electron chi connectivity index (χ4n) is 3.28. The summed E-state index contributed by atoms with van der Waals surface area (Å²) in [5.74, 6) is -0.00357. The Morgan fingerprint density at radius 2 is 1.68 bits per heavy atom. The van der Waals surface area contributed by atoms with E-state index in [2.05, 4.69) is 34.5 Å². The minimum atomic E-state index is -0.603. The molecule has 0 unspecified atom stereocenters. The van der Waals surface area contributed by atoms with Gasteiger partial charge in [0.2, 0.25) is 5.91 Å². The zero-order valence-electron chi connectivity index (χ0n) is 13.3. The Balaban J connectivity index is 1.47. The second kappa shape index (κ2) is 6.80. The molecule has 0 bridgehead atoms. The van der Waals surface area contributed by atoms with Gasteiger partial charge in [-0.15, -0.1) is 0 Å². The van der Waals surface area contributed by atoms with Gasteiger partial charge in [-0.3, -0.25) is 9.69 Å². The lowest BCUT2D eigenvalue weighted by Gasteiger charge is -2.36. The maximum absolute atomic E-state index is 12.0. The van der Waals surface area contributed by atoms with E-state index in [0.717, 1.165) is 31.4 Å². The van der Waals surface area contributed by atoms with Crippen LogP contribution in [0, 0.1) is 0 Å². The van der Waals surface area contributed by atoms with E-state index in [1.54, 1.807) is 0 Å². The van der Waals surface area contributed by atoms with Gasteiger partial charge in [0.1, 0.15) is 0 Å². The summed E-state index contributed by atoms with van der Waals surface area (Å²) >= 11 is 0. The second-order valence-corrected chi connectivity index (χ2v) is 6.85. The van der Waals surface area contributed by atoms with E-state index in [1.165, 1.54) is 37.9 Å². The molecule has 2 aliphatic rings. The summed E-state index contributed by atoms with van der Waals surface area (Å²) < 4.78 is 0. The second-order valence-electron chi connectivity index (χ2n) is 6.85. The molecule has 4 nitrogen and oxygen atoms in total. The van der Waals surface area contributed by atoms with E-state index >= 15 is 0 Å². The van der Waals surface area contributed by atoms with Gasteiger partial charge >= 0.3 is 0 Å². The molecule has 120 valence electrons. The van der Waals surface area contributed by atoms with Crippen LogP contribution in [0.2, 0.25) is 0 Å². The molecule has 3 N–H and O–H groups in total. The fourth-order valence-corrected chi connectivity index (χ4v) is 3.28. The average molecular weight is 301 g/mol. The van der Waals surface area contributed by atoms with Crippen molar-refractivity contribution in [2.75, 3.05) is 13.1 Å². The van der Waals surface area contributed by atoms with E-state index in [9.17, 15) is 4.79 Å². The highest BCUT2D eigenvalue weighted by molar-refractivity contribution is 5.86. The SMILES string of the molecule is NC1(C(=O)NCc2ccc(CN3CCCCC3)cc2)CCC1. The predicted molar refractivity (Wildman–Crippen MR) is 88.2 cm³/mol. The quantitative estimate of drug-likeness (QED) is 0.876. The number of nitrogens with zero attached hydrogens (tertiary/aromatic N) is 1. The van der Waals surface area contributed by atoms with Crippen molar-refractivity contribution in [2.45, 2.75) is 57.2 Å². The van der Waals surface area contributed by atoms with E-state index < -0.39 is 5.54 Å². The van der Waals surface area contributed by atoms with Crippen LogP contribution >= 0.6 is 0 Å². The Hall–Kier alpha value is -1.39. The topological polar surface area (TPSA) is 58.4 Å². The molecule has 1 aliphatic carbocycles. The number of likely N-dealkylation sites (tertiary alicyclic amines) is 1. The summed E-state index contributed by atoms with van der Waals surface area (Å²) in [5, 5.41) is 2.97. The van der Waals surface area contributed by atoms with Gasteiger partial charge in [0.15, 0.2) is 0 Å². The smallest absolute Gasteiger partial charge is 0.240 e. The van der Waals surface area contributed by atoms with Crippen LogP contribution in [-0.4, -0.2) is 29.4 Å². The summed E-state index contributed by atoms with van der Waals surface area (Å²) in [4.78, 5) is 14.5. The highest BCUT2D eigenvalue weighted by atomic mass is 16.2. The third-order valence-electron chi connectivity index (χ3n) is 5.03. The molecule has 4 heteroatoms. The Labute approximate surface area is 133 Å².